The Labute approximate surface area is 87.2 Å². The highest BCUT2D eigenvalue weighted by Gasteiger charge is 2.07. The highest BCUT2D eigenvalue weighted by molar-refractivity contribution is 7.99. The molecule has 1 atom stereocenters. The first kappa shape index (κ1) is 10.8. The van der Waals surface area contributed by atoms with Crippen LogP contribution in [0.2, 0.25) is 0 Å². The Morgan fingerprint density at radius 2 is 2.50 bits per heavy atom. The predicted octanol–water partition coefficient (Wildman–Crippen LogP) is 1.70. The third-order valence-electron chi connectivity index (χ3n) is 1.58. The summed E-state index contributed by atoms with van der Waals surface area (Å²) in [5.41, 5.74) is 5.39. The Hall–Kier alpha value is -1.23. The zero-order valence-electron chi connectivity index (χ0n) is 7.92. The van der Waals surface area contributed by atoms with Crippen molar-refractivity contribution in [3.8, 4) is 0 Å². The Morgan fingerprint density at radius 3 is 3.07 bits per heavy atom. The highest BCUT2D eigenvalue weighted by Crippen LogP contribution is 2.22. The van der Waals surface area contributed by atoms with E-state index in [2.05, 4.69) is 10.1 Å². The number of hydrogen-bond donors (Lipinski definition) is 2. The number of aromatic nitrogens is 1. The third-order valence-corrected chi connectivity index (χ3v) is 2.64. The molecular weight excluding hydrogens is 198 g/mol. The molecule has 1 rings (SSSR count). The molecule has 1 aromatic rings. The van der Waals surface area contributed by atoms with Crippen LogP contribution >= 0.6 is 11.8 Å². The van der Waals surface area contributed by atoms with Crippen molar-refractivity contribution in [1.29, 1.82) is 0 Å². The van der Waals surface area contributed by atoms with Crippen LogP contribution in [0.3, 0.4) is 0 Å². The molecule has 0 spiro atoms. The van der Waals surface area contributed by atoms with Gasteiger partial charge in [-0.15, -0.1) is 11.8 Å². The third kappa shape index (κ3) is 3.66. The Bertz CT molecular complexity index is 302. The van der Waals surface area contributed by atoms with Gasteiger partial charge in [0.15, 0.2) is 0 Å². The normalized spacial score (nSPS) is 13.9. The van der Waals surface area contributed by atoms with E-state index < -0.39 is 0 Å². The van der Waals surface area contributed by atoms with Crippen LogP contribution in [0.25, 0.3) is 0 Å². The first-order valence-electron chi connectivity index (χ1n) is 4.26. The molecule has 0 saturated carbocycles. The molecule has 0 aliphatic carbocycles. The summed E-state index contributed by atoms with van der Waals surface area (Å²) in [6.45, 7) is 2.01. The van der Waals surface area contributed by atoms with Gasteiger partial charge in [-0.25, -0.2) is 4.98 Å². The Morgan fingerprint density at radius 1 is 1.71 bits per heavy atom. The summed E-state index contributed by atoms with van der Waals surface area (Å²) in [6.07, 6.45) is 2.30. The van der Waals surface area contributed by atoms with Gasteiger partial charge in [-0.05, 0) is 12.1 Å². The summed E-state index contributed by atoms with van der Waals surface area (Å²) in [5.74, 6) is 0.251. The molecule has 0 radical (unpaired) electrons. The molecule has 0 amide bonds. The lowest BCUT2D eigenvalue weighted by molar-refractivity contribution is 0.317. The van der Waals surface area contributed by atoms with Crippen molar-refractivity contribution in [3.05, 3.63) is 24.4 Å². The van der Waals surface area contributed by atoms with Crippen LogP contribution in [-0.4, -0.2) is 21.3 Å². The number of rotatable bonds is 4. The van der Waals surface area contributed by atoms with Crippen LogP contribution < -0.4 is 5.73 Å². The molecule has 0 bridgehead atoms. The van der Waals surface area contributed by atoms with Crippen LogP contribution in [0, 0.1) is 0 Å². The number of thioether (sulfide) groups is 1. The van der Waals surface area contributed by atoms with Crippen LogP contribution in [0.15, 0.2) is 34.6 Å². The highest BCUT2D eigenvalue weighted by atomic mass is 32.2. The van der Waals surface area contributed by atoms with Crippen molar-refractivity contribution >= 4 is 17.6 Å². The SMILES string of the molecule is CC(CC(N)=NO)Sc1ccccn1. The summed E-state index contributed by atoms with van der Waals surface area (Å²) in [4.78, 5) is 4.17. The number of pyridine rings is 1. The second kappa shape index (κ2) is 5.49. The van der Waals surface area contributed by atoms with Gasteiger partial charge < -0.3 is 10.9 Å². The molecular formula is C9H13N3OS. The van der Waals surface area contributed by atoms with E-state index in [1.807, 2.05) is 25.1 Å². The lowest BCUT2D eigenvalue weighted by Gasteiger charge is -2.08. The summed E-state index contributed by atoms with van der Waals surface area (Å²) in [7, 11) is 0. The second-order valence-corrected chi connectivity index (χ2v) is 4.35. The van der Waals surface area contributed by atoms with E-state index in [0.717, 1.165) is 5.03 Å². The molecule has 0 aromatic carbocycles. The number of nitrogens with two attached hydrogens (primary N) is 1. The average molecular weight is 211 g/mol. The summed E-state index contributed by atoms with van der Waals surface area (Å²) in [6, 6.07) is 5.75. The van der Waals surface area contributed by atoms with Crippen LogP contribution in [0.5, 0.6) is 0 Å². The molecule has 5 heteroatoms. The van der Waals surface area contributed by atoms with Crippen molar-refractivity contribution in [2.24, 2.45) is 10.9 Å². The Balaban J connectivity index is 2.45. The van der Waals surface area contributed by atoms with Crippen molar-refractivity contribution in [2.45, 2.75) is 23.6 Å². The molecule has 14 heavy (non-hydrogen) atoms. The van der Waals surface area contributed by atoms with Crippen LogP contribution in [0.4, 0.5) is 0 Å². The first-order chi connectivity index (χ1) is 6.72. The quantitative estimate of drug-likeness (QED) is 0.261. The van der Waals surface area contributed by atoms with Crippen LogP contribution in [0.1, 0.15) is 13.3 Å². The topological polar surface area (TPSA) is 71.5 Å². The first-order valence-corrected chi connectivity index (χ1v) is 5.14. The van der Waals surface area contributed by atoms with Crippen molar-refractivity contribution < 1.29 is 5.21 Å². The van der Waals surface area contributed by atoms with Gasteiger partial charge in [0.25, 0.3) is 0 Å². The molecule has 0 aliphatic heterocycles. The maximum atomic E-state index is 8.39. The van der Waals surface area contributed by atoms with E-state index >= 15 is 0 Å². The van der Waals surface area contributed by atoms with E-state index in [9.17, 15) is 0 Å². The number of nitrogens with zero attached hydrogens (tertiary/aromatic N) is 2. The van der Waals surface area contributed by atoms with Gasteiger partial charge in [-0.1, -0.05) is 18.1 Å². The second-order valence-electron chi connectivity index (χ2n) is 2.89. The fraction of sp³-hybridized carbons (Fsp3) is 0.333. The van der Waals surface area contributed by atoms with Gasteiger partial charge >= 0.3 is 0 Å². The zero-order chi connectivity index (χ0) is 10.4. The van der Waals surface area contributed by atoms with E-state index in [4.69, 9.17) is 10.9 Å². The van der Waals surface area contributed by atoms with Crippen molar-refractivity contribution in [2.75, 3.05) is 0 Å². The molecule has 3 N–H and O–H groups in total. The molecule has 0 aliphatic rings. The Kier molecular flexibility index (Phi) is 4.25. The standard InChI is InChI=1S/C9H13N3OS/c1-7(6-8(10)12-13)14-9-4-2-3-5-11-9/h2-5,7,13H,6H2,1H3,(H2,10,12). The van der Waals surface area contributed by atoms with Crippen molar-refractivity contribution in [3.63, 3.8) is 0 Å². The van der Waals surface area contributed by atoms with Gasteiger partial charge in [0, 0.05) is 17.9 Å². The summed E-state index contributed by atoms with van der Waals surface area (Å²) < 4.78 is 0. The number of oxime groups is 1. The average Bonchev–Trinajstić information content (AvgIpc) is 2.19. The minimum Gasteiger partial charge on any atom is -0.409 e. The van der Waals surface area contributed by atoms with Gasteiger partial charge in [-0.3, -0.25) is 0 Å². The summed E-state index contributed by atoms with van der Waals surface area (Å²) >= 11 is 1.60. The fourth-order valence-electron chi connectivity index (χ4n) is 1.000. The largest absolute Gasteiger partial charge is 0.409 e. The lowest BCUT2D eigenvalue weighted by Crippen LogP contribution is -2.16. The van der Waals surface area contributed by atoms with E-state index in [-0.39, 0.29) is 11.1 Å². The van der Waals surface area contributed by atoms with E-state index in [1.165, 1.54) is 0 Å². The maximum Gasteiger partial charge on any atom is 0.140 e. The molecule has 1 aromatic heterocycles. The maximum absolute atomic E-state index is 8.39. The smallest absolute Gasteiger partial charge is 0.140 e. The van der Waals surface area contributed by atoms with Gasteiger partial charge in [-0.2, -0.15) is 0 Å². The molecule has 1 unspecified atom stereocenters. The minimum absolute atomic E-state index is 0.251. The fourth-order valence-corrected chi connectivity index (χ4v) is 1.95. The van der Waals surface area contributed by atoms with Gasteiger partial charge in [0.05, 0.1) is 5.03 Å². The monoisotopic (exact) mass is 211 g/mol. The number of amidine groups is 1. The summed E-state index contributed by atoms with van der Waals surface area (Å²) in [5, 5.41) is 12.5. The number of hydrogen-bond acceptors (Lipinski definition) is 4. The zero-order valence-corrected chi connectivity index (χ0v) is 8.74. The molecule has 1 heterocycles. The van der Waals surface area contributed by atoms with Gasteiger partial charge in [0.2, 0.25) is 0 Å². The molecule has 76 valence electrons. The van der Waals surface area contributed by atoms with Crippen molar-refractivity contribution in [1.82, 2.24) is 4.98 Å². The van der Waals surface area contributed by atoms with E-state index in [0.29, 0.717) is 6.42 Å². The van der Waals surface area contributed by atoms with Crippen LogP contribution in [-0.2, 0) is 0 Å². The van der Waals surface area contributed by atoms with Gasteiger partial charge in [0.1, 0.15) is 5.84 Å². The molecule has 0 saturated heterocycles. The lowest BCUT2D eigenvalue weighted by atomic mass is 10.3. The predicted molar refractivity (Wildman–Crippen MR) is 57.6 cm³/mol. The molecule has 0 fully saturated rings. The molecule has 4 nitrogen and oxygen atoms in total. The minimum atomic E-state index is 0.251. The van der Waals surface area contributed by atoms with E-state index in [1.54, 1.807) is 18.0 Å².